The van der Waals surface area contributed by atoms with Gasteiger partial charge in [0.1, 0.15) is 0 Å². The molecule has 6 nitrogen and oxygen atoms in total. The third-order valence-electron chi connectivity index (χ3n) is 3.87. The second-order valence-electron chi connectivity index (χ2n) is 5.94. The number of carbonyl (C=O) groups excluding carboxylic acids is 1. The maximum absolute atomic E-state index is 11.9. The van der Waals surface area contributed by atoms with Crippen molar-refractivity contribution in [3.63, 3.8) is 0 Å². The van der Waals surface area contributed by atoms with Crippen LogP contribution in [0.3, 0.4) is 0 Å². The minimum absolute atomic E-state index is 0.0931. The van der Waals surface area contributed by atoms with E-state index in [1.165, 1.54) is 6.07 Å². The first kappa shape index (κ1) is 18.4. The lowest BCUT2D eigenvalue weighted by atomic mass is 10.0. The smallest absolute Gasteiger partial charge is 0.310 e. The van der Waals surface area contributed by atoms with Gasteiger partial charge in [-0.05, 0) is 30.0 Å². The molecule has 0 heterocycles. The third-order valence-corrected chi connectivity index (χ3v) is 3.87. The van der Waals surface area contributed by atoms with Crippen molar-refractivity contribution < 1.29 is 14.5 Å². The minimum atomic E-state index is -0.490. The SMILES string of the molecule is Cc1ccc([N+](=O)[O-])c(OCCC(=O)NCC(C)c2ccccc2)c1. The normalized spacial score (nSPS) is 11.6. The van der Waals surface area contributed by atoms with Crippen LogP contribution in [0.2, 0.25) is 0 Å². The first-order valence-electron chi connectivity index (χ1n) is 8.17. The van der Waals surface area contributed by atoms with Gasteiger partial charge in [-0.15, -0.1) is 0 Å². The average molecular weight is 342 g/mol. The molecule has 25 heavy (non-hydrogen) atoms. The quantitative estimate of drug-likeness (QED) is 0.587. The van der Waals surface area contributed by atoms with Crippen molar-refractivity contribution in [1.29, 1.82) is 0 Å². The molecule has 0 aliphatic rings. The average Bonchev–Trinajstić information content (AvgIpc) is 2.60. The number of benzene rings is 2. The molecule has 2 rings (SSSR count). The number of aryl methyl sites for hydroxylation is 1. The summed E-state index contributed by atoms with van der Waals surface area (Å²) in [6.07, 6.45) is 0.145. The highest BCUT2D eigenvalue weighted by Gasteiger charge is 2.15. The topological polar surface area (TPSA) is 81.5 Å². The van der Waals surface area contributed by atoms with Gasteiger partial charge >= 0.3 is 5.69 Å². The number of nitro groups is 1. The Morgan fingerprint density at radius 1 is 1.24 bits per heavy atom. The van der Waals surface area contributed by atoms with E-state index < -0.39 is 4.92 Å². The molecule has 132 valence electrons. The summed E-state index contributed by atoms with van der Waals surface area (Å²) >= 11 is 0. The number of amides is 1. The molecule has 0 spiro atoms. The summed E-state index contributed by atoms with van der Waals surface area (Å²) in [7, 11) is 0. The van der Waals surface area contributed by atoms with Crippen LogP contribution in [-0.2, 0) is 4.79 Å². The Morgan fingerprint density at radius 3 is 2.64 bits per heavy atom. The van der Waals surface area contributed by atoms with Crippen molar-refractivity contribution in [2.75, 3.05) is 13.2 Å². The summed E-state index contributed by atoms with van der Waals surface area (Å²) in [5, 5.41) is 13.9. The van der Waals surface area contributed by atoms with E-state index in [0.29, 0.717) is 6.54 Å². The lowest BCUT2D eigenvalue weighted by Gasteiger charge is -2.13. The second kappa shape index (κ2) is 8.82. The van der Waals surface area contributed by atoms with Gasteiger partial charge in [0.05, 0.1) is 18.0 Å². The molecule has 0 aliphatic heterocycles. The van der Waals surface area contributed by atoms with Gasteiger partial charge < -0.3 is 10.1 Å². The summed E-state index contributed by atoms with van der Waals surface area (Å²) in [4.78, 5) is 22.4. The predicted octanol–water partition coefficient (Wildman–Crippen LogP) is 3.59. The molecule has 0 saturated heterocycles. The maximum Gasteiger partial charge on any atom is 0.310 e. The predicted molar refractivity (Wildman–Crippen MR) is 95.8 cm³/mol. The Hall–Kier alpha value is -2.89. The van der Waals surface area contributed by atoms with Gasteiger partial charge in [-0.3, -0.25) is 14.9 Å². The molecule has 1 amide bonds. The monoisotopic (exact) mass is 342 g/mol. The lowest BCUT2D eigenvalue weighted by Crippen LogP contribution is -2.28. The number of ether oxygens (including phenoxy) is 1. The van der Waals surface area contributed by atoms with Crippen molar-refractivity contribution in [2.45, 2.75) is 26.2 Å². The minimum Gasteiger partial charge on any atom is -0.486 e. The van der Waals surface area contributed by atoms with Crippen LogP contribution < -0.4 is 10.1 Å². The van der Waals surface area contributed by atoms with Crippen LogP contribution in [-0.4, -0.2) is 24.0 Å². The second-order valence-corrected chi connectivity index (χ2v) is 5.94. The van der Waals surface area contributed by atoms with Gasteiger partial charge in [-0.25, -0.2) is 0 Å². The highest BCUT2D eigenvalue weighted by Crippen LogP contribution is 2.27. The van der Waals surface area contributed by atoms with Gasteiger partial charge in [-0.1, -0.05) is 43.3 Å². The molecular formula is C19H22N2O4. The van der Waals surface area contributed by atoms with Crippen molar-refractivity contribution in [1.82, 2.24) is 5.32 Å². The molecule has 0 fully saturated rings. The van der Waals surface area contributed by atoms with Crippen LogP contribution in [0.15, 0.2) is 48.5 Å². The third kappa shape index (κ3) is 5.60. The van der Waals surface area contributed by atoms with E-state index in [2.05, 4.69) is 5.32 Å². The van der Waals surface area contributed by atoms with E-state index in [1.54, 1.807) is 12.1 Å². The Morgan fingerprint density at radius 2 is 1.96 bits per heavy atom. The van der Waals surface area contributed by atoms with Crippen LogP contribution in [0.25, 0.3) is 0 Å². The fraction of sp³-hybridized carbons (Fsp3) is 0.316. The summed E-state index contributed by atoms with van der Waals surface area (Å²) in [6.45, 7) is 4.50. The van der Waals surface area contributed by atoms with Crippen molar-refractivity contribution in [3.05, 3.63) is 69.8 Å². The highest BCUT2D eigenvalue weighted by atomic mass is 16.6. The molecule has 0 radical (unpaired) electrons. The van der Waals surface area contributed by atoms with Crippen molar-refractivity contribution in [3.8, 4) is 5.75 Å². The molecule has 1 atom stereocenters. The first-order chi connectivity index (χ1) is 12.0. The number of hydrogen-bond donors (Lipinski definition) is 1. The van der Waals surface area contributed by atoms with Crippen LogP contribution in [0, 0.1) is 17.0 Å². The zero-order chi connectivity index (χ0) is 18.2. The molecule has 0 saturated carbocycles. The van der Waals surface area contributed by atoms with E-state index in [1.807, 2.05) is 44.2 Å². The van der Waals surface area contributed by atoms with Gasteiger partial charge in [0.2, 0.25) is 5.91 Å². The summed E-state index contributed by atoms with van der Waals surface area (Å²) in [5.41, 5.74) is 1.93. The Labute approximate surface area is 147 Å². The van der Waals surface area contributed by atoms with Crippen LogP contribution >= 0.6 is 0 Å². The molecule has 1 N–H and O–H groups in total. The van der Waals surface area contributed by atoms with E-state index >= 15 is 0 Å². The molecule has 6 heteroatoms. The summed E-state index contributed by atoms with van der Waals surface area (Å²) < 4.78 is 5.44. The zero-order valence-corrected chi connectivity index (χ0v) is 14.4. The van der Waals surface area contributed by atoms with E-state index in [9.17, 15) is 14.9 Å². The number of carbonyl (C=O) groups is 1. The van der Waals surface area contributed by atoms with Gasteiger partial charge in [0, 0.05) is 12.6 Å². The molecule has 0 aliphatic carbocycles. The first-order valence-corrected chi connectivity index (χ1v) is 8.17. The van der Waals surface area contributed by atoms with Crippen LogP contribution in [0.1, 0.15) is 30.4 Å². The number of nitro benzene ring substituents is 1. The Kier molecular flexibility index (Phi) is 6.51. The molecule has 2 aromatic carbocycles. The fourth-order valence-electron chi connectivity index (χ4n) is 2.40. The van der Waals surface area contributed by atoms with Gasteiger partial charge in [-0.2, -0.15) is 0 Å². The number of rotatable bonds is 8. The fourth-order valence-corrected chi connectivity index (χ4v) is 2.40. The molecule has 0 aromatic heterocycles. The number of nitrogens with one attached hydrogen (secondary N) is 1. The molecule has 0 bridgehead atoms. The summed E-state index contributed by atoms with van der Waals surface area (Å²) in [6, 6.07) is 14.6. The number of nitrogens with zero attached hydrogens (tertiary/aromatic N) is 1. The van der Waals surface area contributed by atoms with E-state index in [0.717, 1.165) is 11.1 Å². The Balaban J connectivity index is 1.79. The van der Waals surface area contributed by atoms with Crippen molar-refractivity contribution in [2.24, 2.45) is 0 Å². The van der Waals surface area contributed by atoms with Crippen LogP contribution in [0.5, 0.6) is 5.75 Å². The maximum atomic E-state index is 11.9. The lowest BCUT2D eigenvalue weighted by molar-refractivity contribution is -0.385. The molecule has 1 unspecified atom stereocenters. The van der Waals surface area contributed by atoms with Gasteiger partial charge in [0.25, 0.3) is 0 Å². The molecular weight excluding hydrogens is 320 g/mol. The molecule has 2 aromatic rings. The van der Waals surface area contributed by atoms with E-state index in [-0.39, 0.29) is 36.3 Å². The highest BCUT2D eigenvalue weighted by molar-refractivity contribution is 5.76. The Bertz CT molecular complexity index is 731. The standard InChI is InChI=1S/C19H22N2O4/c1-14-8-9-17(21(23)24)18(12-14)25-11-10-19(22)20-13-15(2)16-6-4-3-5-7-16/h3-9,12,15H,10-11,13H2,1-2H3,(H,20,22). The summed E-state index contributed by atoms with van der Waals surface area (Å²) in [5.74, 6) is 0.262. The number of hydrogen-bond acceptors (Lipinski definition) is 4. The van der Waals surface area contributed by atoms with Gasteiger partial charge in [0.15, 0.2) is 5.75 Å². The zero-order valence-electron chi connectivity index (χ0n) is 14.4. The van der Waals surface area contributed by atoms with Crippen molar-refractivity contribution >= 4 is 11.6 Å². The van der Waals surface area contributed by atoms with Crippen LogP contribution in [0.4, 0.5) is 5.69 Å². The largest absolute Gasteiger partial charge is 0.486 e. The van der Waals surface area contributed by atoms with E-state index in [4.69, 9.17) is 4.74 Å².